The zero-order valence-electron chi connectivity index (χ0n) is 62.3. The van der Waals surface area contributed by atoms with Crippen LogP contribution in [0.4, 0.5) is 0 Å². The van der Waals surface area contributed by atoms with E-state index in [0.29, 0.717) is 25.7 Å². The van der Waals surface area contributed by atoms with Gasteiger partial charge in [-0.1, -0.05) is 331 Å². The lowest BCUT2D eigenvalue weighted by Gasteiger charge is -2.21. The number of carbonyl (C=O) groups excluding carboxylic acids is 4. The number of phosphoric ester groups is 2. The quantitative estimate of drug-likeness (QED) is 0.0222. The zero-order chi connectivity index (χ0) is 70.3. The number of carbonyl (C=O) groups is 4. The molecule has 0 spiro atoms. The molecule has 0 aromatic heterocycles. The number of rotatable bonds is 73. The number of unbranched alkanes of at least 4 members (excludes halogenated alkanes) is 38. The van der Waals surface area contributed by atoms with Crippen LogP contribution in [0, 0.1) is 23.7 Å². The van der Waals surface area contributed by atoms with Crippen molar-refractivity contribution in [3.8, 4) is 0 Å². The summed E-state index contributed by atoms with van der Waals surface area (Å²) in [4.78, 5) is 72.8. The summed E-state index contributed by atoms with van der Waals surface area (Å²) in [5.41, 5.74) is 0. The van der Waals surface area contributed by atoms with E-state index in [9.17, 15) is 43.2 Å². The van der Waals surface area contributed by atoms with Crippen LogP contribution in [0.2, 0.25) is 0 Å². The first kappa shape index (κ1) is 93.1. The third-order valence-electron chi connectivity index (χ3n) is 17.9. The Balaban J connectivity index is 5.23. The molecule has 0 aliphatic rings. The summed E-state index contributed by atoms with van der Waals surface area (Å²) < 4.78 is 68.5. The molecule has 0 heterocycles. The molecule has 0 bridgehead atoms. The lowest BCUT2D eigenvalue weighted by molar-refractivity contribution is -0.161. The maximum atomic E-state index is 13.1. The molecule has 0 saturated heterocycles. The van der Waals surface area contributed by atoms with Gasteiger partial charge in [0.2, 0.25) is 0 Å². The van der Waals surface area contributed by atoms with Crippen molar-refractivity contribution in [2.45, 2.75) is 401 Å². The van der Waals surface area contributed by atoms with E-state index in [4.69, 9.17) is 37.0 Å². The third-order valence-corrected chi connectivity index (χ3v) is 19.8. The maximum Gasteiger partial charge on any atom is 0.472 e. The van der Waals surface area contributed by atoms with Gasteiger partial charge in [0.1, 0.15) is 19.3 Å². The van der Waals surface area contributed by atoms with Crippen molar-refractivity contribution in [3.63, 3.8) is 0 Å². The molecule has 0 rings (SSSR count). The molecule has 0 amide bonds. The Kier molecular flexibility index (Phi) is 64.0. The van der Waals surface area contributed by atoms with Gasteiger partial charge in [0, 0.05) is 25.7 Å². The van der Waals surface area contributed by atoms with Crippen molar-refractivity contribution in [2.24, 2.45) is 23.7 Å². The van der Waals surface area contributed by atoms with Crippen molar-refractivity contribution in [1.82, 2.24) is 0 Å². The molecule has 0 fully saturated rings. The second-order valence-electron chi connectivity index (χ2n) is 29.1. The molecule has 6 atom stereocenters. The van der Waals surface area contributed by atoms with Crippen LogP contribution in [0.5, 0.6) is 0 Å². The Labute approximate surface area is 581 Å². The van der Waals surface area contributed by atoms with Crippen LogP contribution >= 0.6 is 15.6 Å². The Morgan fingerprint density at radius 1 is 0.295 bits per heavy atom. The van der Waals surface area contributed by atoms with Gasteiger partial charge in [0.15, 0.2) is 12.2 Å². The van der Waals surface area contributed by atoms with Crippen LogP contribution in [0.25, 0.3) is 0 Å². The van der Waals surface area contributed by atoms with Crippen LogP contribution in [-0.4, -0.2) is 96.7 Å². The first-order chi connectivity index (χ1) is 45.6. The van der Waals surface area contributed by atoms with Crippen LogP contribution in [0.15, 0.2) is 0 Å². The van der Waals surface area contributed by atoms with Crippen molar-refractivity contribution in [3.05, 3.63) is 0 Å². The number of aliphatic hydroxyl groups is 1. The van der Waals surface area contributed by atoms with Gasteiger partial charge in [0.25, 0.3) is 0 Å². The molecule has 0 aromatic rings. The highest BCUT2D eigenvalue weighted by Gasteiger charge is 2.30. The van der Waals surface area contributed by atoms with E-state index >= 15 is 0 Å². The SMILES string of the molecule is CCC(C)CCCCCCCCCCCCC(=O)O[C@H](COC(=O)CCCCCCCCCCC(C)C)COP(=O)(O)OCC(O)COP(=O)(O)OC[C@@H](COC(=O)CCCCCCCCCCC(C)C)OC(=O)CCCCCCCCCCCCCCCCCCC(C)C. The molecule has 0 saturated carbocycles. The van der Waals surface area contributed by atoms with E-state index in [-0.39, 0.29) is 25.7 Å². The maximum absolute atomic E-state index is 13.1. The fourth-order valence-corrected chi connectivity index (χ4v) is 13.1. The molecular weight excluding hydrogens is 1250 g/mol. The van der Waals surface area contributed by atoms with Gasteiger partial charge in [-0.25, -0.2) is 9.13 Å². The Morgan fingerprint density at radius 2 is 0.505 bits per heavy atom. The Morgan fingerprint density at radius 3 is 0.747 bits per heavy atom. The van der Waals surface area contributed by atoms with E-state index in [1.807, 2.05) is 0 Å². The average molecular weight is 1400 g/mol. The number of hydrogen-bond donors (Lipinski definition) is 3. The Bertz CT molecular complexity index is 1870. The van der Waals surface area contributed by atoms with Crippen LogP contribution in [-0.2, 0) is 65.4 Å². The minimum absolute atomic E-state index is 0.105. The van der Waals surface area contributed by atoms with Gasteiger partial charge in [-0.15, -0.1) is 0 Å². The third kappa shape index (κ3) is 69.0. The van der Waals surface area contributed by atoms with Crippen molar-refractivity contribution >= 4 is 39.5 Å². The fraction of sp³-hybridized carbons (Fsp3) is 0.947. The average Bonchev–Trinajstić information content (AvgIpc) is 1.46. The van der Waals surface area contributed by atoms with Crippen LogP contribution in [0.1, 0.15) is 383 Å². The van der Waals surface area contributed by atoms with E-state index in [0.717, 1.165) is 114 Å². The van der Waals surface area contributed by atoms with Gasteiger partial charge in [-0.3, -0.25) is 37.3 Å². The highest BCUT2D eigenvalue weighted by Crippen LogP contribution is 2.45. The molecule has 0 aliphatic carbocycles. The van der Waals surface area contributed by atoms with Gasteiger partial charge in [-0.2, -0.15) is 0 Å². The molecule has 0 radical (unpaired) electrons. The molecule has 4 unspecified atom stereocenters. The summed E-state index contributed by atoms with van der Waals surface area (Å²) in [7, 11) is -9.91. The number of aliphatic hydroxyl groups excluding tert-OH is 1. The molecular formula is C76H148O17P2. The second-order valence-corrected chi connectivity index (χ2v) is 32.0. The molecule has 95 heavy (non-hydrogen) atoms. The number of esters is 4. The molecule has 17 nitrogen and oxygen atoms in total. The second kappa shape index (κ2) is 65.4. The van der Waals surface area contributed by atoms with Crippen molar-refractivity contribution in [2.75, 3.05) is 39.6 Å². The lowest BCUT2D eigenvalue weighted by Crippen LogP contribution is -2.30. The summed E-state index contributed by atoms with van der Waals surface area (Å²) >= 11 is 0. The van der Waals surface area contributed by atoms with Crippen LogP contribution < -0.4 is 0 Å². The molecule has 564 valence electrons. The van der Waals surface area contributed by atoms with Crippen LogP contribution in [0.3, 0.4) is 0 Å². The van der Waals surface area contributed by atoms with Crippen molar-refractivity contribution < 1.29 is 80.2 Å². The molecule has 0 aliphatic heterocycles. The highest BCUT2D eigenvalue weighted by atomic mass is 31.2. The summed E-state index contributed by atoms with van der Waals surface area (Å²) in [6.45, 7) is 14.2. The normalized spacial score (nSPS) is 14.4. The van der Waals surface area contributed by atoms with E-state index in [2.05, 4.69) is 55.4 Å². The minimum atomic E-state index is -4.96. The summed E-state index contributed by atoms with van der Waals surface area (Å²) in [5.74, 6) is 0.943. The van der Waals surface area contributed by atoms with Gasteiger partial charge in [0.05, 0.1) is 26.4 Å². The van der Waals surface area contributed by atoms with Gasteiger partial charge >= 0.3 is 39.5 Å². The van der Waals surface area contributed by atoms with Gasteiger partial charge in [-0.05, 0) is 49.4 Å². The first-order valence-corrected chi connectivity index (χ1v) is 42.2. The number of phosphoric acid groups is 2. The fourth-order valence-electron chi connectivity index (χ4n) is 11.5. The predicted molar refractivity (Wildman–Crippen MR) is 386 cm³/mol. The van der Waals surface area contributed by atoms with E-state index < -0.39 is 97.5 Å². The number of ether oxygens (including phenoxy) is 4. The smallest absolute Gasteiger partial charge is 0.462 e. The molecule has 19 heteroatoms. The zero-order valence-corrected chi connectivity index (χ0v) is 64.1. The highest BCUT2D eigenvalue weighted by molar-refractivity contribution is 7.47. The summed E-state index contributed by atoms with van der Waals surface area (Å²) in [5, 5.41) is 10.6. The standard InChI is InChI=1S/C76H148O17P2/c1-9-69(8)55-47-39-31-21-18-19-23-35-43-51-59-76(81)93-72(63-87-74(79)57-49-41-33-27-25-30-38-46-54-68(6)7)65-91-95(84,85)89-61-70(77)60-88-94(82,83)90-64-71(62-86-73(78)56-48-40-32-26-24-29-37-45-53-67(4)5)92-75(80)58-50-42-34-22-17-15-13-11-10-12-14-16-20-28-36-44-52-66(2)3/h66-72,77H,9-65H2,1-8H3,(H,82,83)(H,84,85)/t69?,70?,71-,72-/m1/s1. The predicted octanol–water partition coefficient (Wildman–Crippen LogP) is 22.0. The first-order valence-electron chi connectivity index (χ1n) is 39.2. The van der Waals surface area contributed by atoms with Gasteiger partial charge < -0.3 is 33.8 Å². The largest absolute Gasteiger partial charge is 0.472 e. The van der Waals surface area contributed by atoms with E-state index in [1.54, 1.807) is 0 Å². The topological polar surface area (TPSA) is 237 Å². The monoisotopic (exact) mass is 1400 g/mol. The van der Waals surface area contributed by atoms with E-state index in [1.165, 1.54) is 186 Å². The number of hydrogen-bond acceptors (Lipinski definition) is 15. The van der Waals surface area contributed by atoms with Crippen molar-refractivity contribution in [1.29, 1.82) is 0 Å². The summed E-state index contributed by atoms with van der Waals surface area (Å²) in [6, 6.07) is 0. The molecule has 3 N–H and O–H groups in total. The minimum Gasteiger partial charge on any atom is -0.462 e. The Hall–Kier alpha value is -1.94. The molecule has 0 aromatic carbocycles. The summed E-state index contributed by atoms with van der Waals surface area (Å²) in [6.07, 6.45) is 50.0. The lowest BCUT2D eigenvalue weighted by atomic mass is 9.99.